The Morgan fingerprint density at radius 2 is 1.74 bits per heavy atom. The molecule has 1 saturated heterocycles. The van der Waals surface area contributed by atoms with Gasteiger partial charge in [0.15, 0.2) is 0 Å². The average molecular weight is 484 g/mol. The fourth-order valence-electron chi connectivity index (χ4n) is 6.11. The van der Waals surface area contributed by atoms with Crippen LogP contribution in [0.15, 0.2) is 12.4 Å². The van der Waals surface area contributed by atoms with Gasteiger partial charge in [0.1, 0.15) is 6.10 Å². The molecule has 0 aromatic carbocycles. The second kappa shape index (κ2) is 10.2. The van der Waals surface area contributed by atoms with E-state index in [1.165, 1.54) is 0 Å². The molecule has 7 nitrogen and oxygen atoms in total. The fraction of sp³-hybridized carbons (Fsp3) is 0.750. The lowest BCUT2D eigenvalue weighted by Gasteiger charge is -2.53. The number of hydrogen-bond acceptors (Lipinski definition) is 7. The minimum atomic E-state index is -0.189. The van der Waals surface area contributed by atoms with Gasteiger partial charge in [-0.2, -0.15) is 0 Å². The van der Waals surface area contributed by atoms with E-state index < -0.39 is 0 Å². The van der Waals surface area contributed by atoms with Gasteiger partial charge in [0.2, 0.25) is 11.8 Å². The van der Waals surface area contributed by atoms with Gasteiger partial charge in [-0.25, -0.2) is 15.0 Å². The van der Waals surface area contributed by atoms with E-state index in [9.17, 15) is 5.11 Å². The number of aromatic nitrogens is 3. The number of aliphatic hydroxyl groups is 1. The SMILES string of the molecule is CCCC(C)Nc1ncc2c(OC3CC(C)(C)N(C)C(C)(C)C3)ncc([C@H]3CC[C@H](O)CC3)c2n1. The van der Waals surface area contributed by atoms with Crippen LogP contribution >= 0.6 is 0 Å². The highest BCUT2D eigenvalue weighted by atomic mass is 16.5. The van der Waals surface area contributed by atoms with E-state index in [0.717, 1.165) is 67.8 Å². The molecule has 7 heteroatoms. The number of pyridine rings is 1. The van der Waals surface area contributed by atoms with Crippen molar-refractivity contribution in [3.05, 3.63) is 18.0 Å². The zero-order valence-electron chi connectivity index (χ0n) is 22.8. The Morgan fingerprint density at radius 1 is 1.09 bits per heavy atom. The summed E-state index contributed by atoms with van der Waals surface area (Å²) in [5.74, 6) is 1.64. The first kappa shape index (κ1) is 26.1. The van der Waals surface area contributed by atoms with E-state index in [-0.39, 0.29) is 23.3 Å². The maximum atomic E-state index is 10.0. The molecule has 1 atom stereocenters. The molecule has 2 N–H and O–H groups in total. The van der Waals surface area contributed by atoms with Crippen molar-refractivity contribution in [3.63, 3.8) is 0 Å². The van der Waals surface area contributed by atoms with Gasteiger partial charge < -0.3 is 15.2 Å². The number of hydrogen-bond donors (Lipinski definition) is 2. The maximum Gasteiger partial charge on any atom is 0.224 e. The average Bonchev–Trinajstić information content (AvgIpc) is 2.78. The van der Waals surface area contributed by atoms with Crippen molar-refractivity contribution < 1.29 is 9.84 Å². The van der Waals surface area contributed by atoms with Gasteiger partial charge in [0.25, 0.3) is 0 Å². The Bertz CT molecular complexity index is 998. The number of rotatable bonds is 7. The van der Waals surface area contributed by atoms with E-state index in [1.54, 1.807) is 0 Å². The molecular weight excluding hydrogens is 438 g/mol. The van der Waals surface area contributed by atoms with Crippen molar-refractivity contribution in [2.45, 2.75) is 128 Å². The molecule has 194 valence electrons. The van der Waals surface area contributed by atoms with Gasteiger partial charge in [-0.3, -0.25) is 4.90 Å². The van der Waals surface area contributed by atoms with Crippen molar-refractivity contribution in [1.29, 1.82) is 0 Å². The van der Waals surface area contributed by atoms with Crippen molar-refractivity contribution in [1.82, 2.24) is 19.9 Å². The quantitative estimate of drug-likeness (QED) is 0.524. The summed E-state index contributed by atoms with van der Waals surface area (Å²) in [5.41, 5.74) is 2.16. The third-order valence-electron chi connectivity index (χ3n) is 8.40. The van der Waals surface area contributed by atoms with Gasteiger partial charge in [-0.05, 0) is 79.7 Å². The molecule has 4 rings (SSSR count). The first-order valence-corrected chi connectivity index (χ1v) is 13.5. The van der Waals surface area contributed by atoms with Crippen LogP contribution in [-0.4, -0.2) is 61.3 Å². The van der Waals surface area contributed by atoms with Crippen LogP contribution in [0.5, 0.6) is 5.88 Å². The predicted octanol–water partition coefficient (Wildman–Crippen LogP) is 5.67. The molecule has 2 aliphatic rings. The topological polar surface area (TPSA) is 83.4 Å². The summed E-state index contributed by atoms with van der Waals surface area (Å²) in [4.78, 5) is 17.0. The molecule has 1 aliphatic heterocycles. The third-order valence-corrected chi connectivity index (χ3v) is 8.40. The largest absolute Gasteiger partial charge is 0.474 e. The third kappa shape index (κ3) is 5.72. The molecule has 3 heterocycles. The lowest BCUT2D eigenvalue weighted by molar-refractivity contribution is -0.0563. The second-order valence-electron chi connectivity index (χ2n) is 12.1. The molecule has 2 fully saturated rings. The zero-order chi connectivity index (χ0) is 25.4. The Morgan fingerprint density at radius 3 is 2.37 bits per heavy atom. The molecule has 1 aliphatic carbocycles. The van der Waals surface area contributed by atoms with Crippen molar-refractivity contribution in [2.75, 3.05) is 12.4 Å². The summed E-state index contributed by atoms with van der Waals surface area (Å²) in [5, 5.41) is 14.4. The highest BCUT2D eigenvalue weighted by Crippen LogP contribution is 2.41. The number of aliphatic hydroxyl groups excluding tert-OH is 1. The summed E-state index contributed by atoms with van der Waals surface area (Å²) >= 11 is 0. The summed E-state index contributed by atoms with van der Waals surface area (Å²) in [7, 11) is 2.21. The van der Waals surface area contributed by atoms with Gasteiger partial charge in [-0.15, -0.1) is 0 Å². The van der Waals surface area contributed by atoms with Gasteiger partial charge in [0.05, 0.1) is 17.0 Å². The number of anilines is 1. The second-order valence-corrected chi connectivity index (χ2v) is 12.1. The summed E-state index contributed by atoms with van der Waals surface area (Å²) in [6.45, 7) is 13.5. The van der Waals surface area contributed by atoms with Gasteiger partial charge >= 0.3 is 0 Å². The van der Waals surface area contributed by atoms with Crippen LogP contribution in [0.3, 0.4) is 0 Å². The molecule has 0 spiro atoms. The molecule has 1 unspecified atom stereocenters. The first-order chi connectivity index (χ1) is 16.5. The molecular formula is C28H45N5O2. The summed E-state index contributed by atoms with van der Waals surface area (Å²) in [6, 6.07) is 0.312. The molecule has 35 heavy (non-hydrogen) atoms. The van der Waals surface area contributed by atoms with Crippen LogP contribution in [0, 0.1) is 0 Å². The van der Waals surface area contributed by atoms with Crippen molar-refractivity contribution in [3.8, 4) is 5.88 Å². The number of ether oxygens (including phenoxy) is 1. The Kier molecular flexibility index (Phi) is 7.58. The molecule has 0 radical (unpaired) electrons. The number of piperidine rings is 1. The highest BCUT2D eigenvalue weighted by Gasteiger charge is 2.44. The van der Waals surface area contributed by atoms with E-state index >= 15 is 0 Å². The standard InChI is InChI=1S/C28H45N5O2/c1-8-9-18(2)31-26-30-17-23-24(32-26)22(19-10-12-20(34)13-11-19)16-29-25(23)35-21-14-27(3,4)33(7)28(5,6)15-21/h16-21,34H,8-15H2,1-7H3,(H,30,31,32)/t18?,19-,20-. The molecule has 0 amide bonds. The number of fused-ring (bicyclic) bond motifs is 1. The maximum absolute atomic E-state index is 10.0. The fourth-order valence-corrected chi connectivity index (χ4v) is 6.11. The predicted molar refractivity (Wildman–Crippen MR) is 142 cm³/mol. The van der Waals surface area contributed by atoms with Crippen LogP contribution in [0.1, 0.15) is 104 Å². The Hall–Kier alpha value is -1.99. The van der Waals surface area contributed by atoms with Crippen molar-refractivity contribution >= 4 is 16.9 Å². The van der Waals surface area contributed by atoms with E-state index in [0.29, 0.717) is 23.8 Å². The highest BCUT2D eigenvalue weighted by molar-refractivity contribution is 5.86. The summed E-state index contributed by atoms with van der Waals surface area (Å²) in [6.07, 6.45) is 11.4. The minimum absolute atomic E-state index is 0.0358. The molecule has 2 aromatic rings. The van der Waals surface area contributed by atoms with Crippen molar-refractivity contribution in [2.24, 2.45) is 0 Å². The smallest absolute Gasteiger partial charge is 0.224 e. The minimum Gasteiger partial charge on any atom is -0.474 e. The van der Waals surface area contributed by atoms with Gasteiger partial charge in [0, 0.05) is 47.9 Å². The number of likely N-dealkylation sites (tertiary alicyclic amines) is 1. The first-order valence-electron chi connectivity index (χ1n) is 13.5. The van der Waals surface area contributed by atoms with Crippen LogP contribution in [0.25, 0.3) is 10.9 Å². The zero-order valence-corrected chi connectivity index (χ0v) is 22.8. The van der Waals surface area contributed by atoms with E-state index in [2.05, 4.69) is 63.8 Å². The molecule has 2 aromatic heterocycles. The van der Waals surface area contributed by atoms with E-state index in [1.807, 2.05) is 12.4 Å². The van der Waals surface area contributed by atoms with E-state index in [4.69, 9.17) is 14.7 Å². The summed E-state index contributed by atoms with van der Waals surface area (Å²) < 4.78 is 6.63. The van der Waals surface area contributed by atoms with Crippen LogP contribution in [-0.2, 0) is 0 Å². The monoisotopic (exact) mass is 483 g/mol. The number of nitrogens with one attached hydrogen (secondary N) is 1. The normalized spacial score (nSPS) is 25.9. The Labute approximate surface area is 211 Å². The van der Waals surface area contributed by atoms with Crippen LogP contribution in [0.4, 0.5) is 5.95 Å². The molecule has 0 bridgehead atoms. The lowest BCUT2D eigenvalue weighted by Crippen LogP contribution is -2.60. The molecule has 1 saturated carbocycles. The number of nitrogens with zero attached hydrogens (tertiary/aromatic N) is 4. The lowest BCUT2D eigenvalue weighted by atomic mass is 9.79. The van der Waals surface area contributed by atoms with Crippen LogP contribution < -0.4 is 10.1 Å². The van der Waals surface area contributed by atoms with Gasteiger partial charge in [-0.1, -0.05) is 13.3 Å². The van der Waals surface area contributed by atoms with Crippen LogP contribution in [0.2, 0.25) is 0 Å². The Balaban J connectivity index is 1.68.